The van der Waals surface area contributed by atoms with Crippen LogP contribution < -0.4 is 9.47 Å². The second-order valence-electron chi connectivity index (χ2n) is 2.71. The summed E-state index contributed by atoms with van der Waals surface area (Å²) in [7, 11) is 0.923. The fourth-order valence-corrected chi connectivity index (χ4v) is 1.02. The van der Waals surface area contributed by atoms with Crippen molar-refractivity contribution in [1.29, 1.82) is 0 Å². The number of aromatic hydroxyl groups is 1. The van der Waals surface area contributed by atoms with Crippen LogP contribution in [0.15, 0.2) is 6.20 Å². The van der Waals surface area contributed by atoms with Crippen LogP contribution in [0.1, 0.15) is 10.5 Å². The number of hydrogen-bond acceptors (Lipinski definition) is 5. The molecule has 0 unspecified atom stereocenters. The number of rotatable bonds is 3. The lowest BCUT2D eigenvalue weighted by atomic mass is 10.3. The van der Waals surface area contributed by atoms with Crippen molar-refractivity contribution < 1.29 is 37.7 Å². The van der Waals surface area contributed by atoms with Crippen molar-refractivity contribution in [3.05, 3.63) is 11.9 Å². The first-order valence-corrected chi connectivity index (χ1v) is 4.01. The second-order valence-corrected chi connectivity index (χ2v) is 2.71. The summed E-state index contributed by atoms with van der Waals surface area (Å²) in [5.74, 6) is -4.56. The fourth-order valence-electron chi connectivity index (χ4n) is 1.02. The second kappa shape index (κ2) is 4.36. The first kappa shape index (κ1) is 12.9. The Morgan fingerprint density at radius 2 is 2.00 bits per heavy atom. The molecule has 0 saturated carbocycles. The van der Waals surface area contributed by atoms with Gasteiger partial charge < -0.3 is 19.7 Å². The molecule has 0 spiro atoms. The number of carboxylic acid groups (broad SMARTS) is 1. The number of hydrogen-bond donors (Lipinski definition) is 2. The van der Waals surface area contributed by atoms with Crippen molar-refractivity contribution in [3.8, 4) is 17.2 Å². The van der Waals surface area contributed by atoms with Crippen molar-refractivity contribution in [3.63, 3.8) is 0 Å². The van der Waals surface area contributed by atoms with Crippen LogP contribution in [0.2, 0.25) is 0 Å². The van der Waals surface area contributed by atoms with Crippen molar-refractivity contribution >= 4 is 5.97 Å². The van der Waals surface area contributed by atoms with E-state index in [0.29, 0.717) is 6.20 Å². The molecule has 0 radical (unpaired) electrons. The number of pyridine rings is 1. The Balaban J connectivity index is 3.35. The molecule has 0 atom stereocenters. The highest BCUT2D eigenvalue weighted by Crippen LogP contribution is 2.40. The molecule has 0 aromatic carbocycles. The topological polar surface area (TPSA) is 88.9 Å². The first-order chi connectivity index (χ1) is 7.76. The van der Waals surface area contributed by atoms with Gasteiger partial charge in [-0.2, -0.15) is 0 Å². The number of aromatic carboxylic acids is 1. The molecule has 0 fully saturated rings. The van der Waals surface area contributed by atoms with Crippen molar-refractivity contribution in [2.75, 3.05) is 7.11 Å². The van der Waals surface area contributed by atoms with Crippen LogP contribution in [-0.4, -0.2) is 34.6 Å². The van der Waals surface area contributed by atoms with E-state index < -0.39 is 35.3 Å². The summed E-state index contributed by atoms with van der Waals surface area (Å²) in [4.78, 5) is 13.9. The minimum Gasteiger partial charge on any atom is -0.503 e. The van der Waals surface area contributed by atoms with Crippen LogP contribution in [0.4, 0.5) is 13.2 Å². The average Bonchev–Trinajstić information content (AvgIpc) is 2.18. The highest BCUT2D eigenvalue weighted by molar-refractivity contribution is 5.90. The molecule has 1 rings (SSSR count). The summed E-state index contributed by atoms with van der Waals surface area (Å²) < 4.78 is 43.9. The zero-order chi connectivity index (χ0) is 13.2. The third-order valence-corrected chi connectivity index (χ3v) is 1.59. The molecular weight excluding hydrogens is 247 g/mol. The van der Waals surface area contributed by atoms with Crippen LogP contribution in [-0.2, 0) is 0 Å². The minimum absolute atomic E-state index is 0.521. The molecule has 0 aliphatic carbocycles. The summed E-state index contributed by atoms with van der Waals surface area (Å²) in [5, 5.41) is 17.8. The number of aromatic nitrogens is 1. The summed E-state index contributed by atoms with van der Waals surface area (Å²) in [6.07, 6.45) is -4.57. The van der Waals surface area contributed by atoms with E-state index in [1.807, 2.05) is 0 Å². The molecule has 0 amide bonds. The standard InChI is InChI=1S/C8H6F3NO5/c1-16-6-4(7(14)15)12-2-3(13)5(6)17-8(9,10)11/h2,13H,1H3,(H,14,15). The lowest BCUT2D eigenvalue weighted by Crippen LogP contribution is -2.18. The number of alkyl halides is 3. The molecule has 17 heavy (non-hydrogen) atoms. The largest absolute Gasteiger partial charge is 0.573 e. The molecule has 1 aromatic heterocycles. The van der Waals surface area contributed by atoms with Gasteiger partial charge in [0.15, 0.2) is 17.2 Å². The van der Waals surface area contributed by atoms with E-state index in [1.165, 1.54) is 0 Å². The van der Waals surface area contributed by atoms with E-state index in [9.17, 15) is 18.0 Å². The zero-order valence-electron chi connectivity index (χ0n) is 8.28. The Bertz CT molecular complexity index is 446. The van der Waals surface area contributed by atoms with Gasteiger partial charge in [0.05, 0.1) is 13.3 Å². The number of carbonyl (C=O) groups is 1. The van der Waals surface area contributed by atoms with Gasteiger partial charge in [-0.1, -0.05) is 0 Å². The van der Waals surface area contributed by atoms with Gasteiger partial charge in [0, 0.05) is 0 Å². The van der Waals surface area contributed by atoms with Crippen LogP contribution in [0, 0.1) is 0 Å². The van der Waals surface area contributed by atoms with Gasteiger partial charge >= 0.3 is 12.3 Å². The molecule has 6 nitrogen and oxygen atoms in total. The predicted octanol–water partition coefficient (Wildman–Crippen LogP) is 1.39. The van der Waals surface area contributed by atoms with Gasteiger partial charge in [0.1, 0.15) is 0 Å². The van der Waals surface area contributed by atoms with E-state index >= 15 is 0 Å². The Kier molecular flexibility index (Phi) is 3.30. The van der Waals surface area contributed by atoms with Crippen molar-refractivity contribution in [2.45, 2.75) is 6.36 Å². The quantitative estimate of drug-likeness (QED) is 0.846. The molecule has 0 aliphatic heterocycles. The average molecular weight is 253 g/mol. The molecule has 0 aliphatic rings. The molecule has 9 heteroatoms. The maximum atomic E-state index is 12.0. The number of carboxylic acids is 1. The van der Waals surface area contributed by atoms with E-state index in [0.717, 1.165) is 7.11 Å². The molecule has 1 heterocycles. The normalized spacial score (nSPS) is 11.1. The monoisotopic (exact) mass is 253 g/mol. The number of ether oxygens (including phenoxy) is 2. The molecular formula is C8H6F3NO5. The maximum absolute atomic E-state index is 12.0. The minimum atomic E-state index is -5.10. The summed E-state index contributed by atoms with van der Waals surface area (Å²) in [5.41, 5.74) is -0.801. The first-order valence-electron chi connectivity index (χ1n) is 4.01. The Labute approximate surface area is 92.2 Å². The van der Waals surface area contributed by atoms with Gasteiger partial charge in [-0.05, 0) is 0 Å². The van der Waals surface area contributed by atoms with Crippen molar-refractivity contribution in [1.82, 2.24) is 4.98 Å². The summed E-state index contributed by atoms with van der Waals surface area (Å²) >= 11 is 0. The lowest BCUT2D eigenvalue weighted by molar-refractivity contribution is -0.275. The van der Waals surface area contributed by atoms with Gasteiger partial charge in [-0.15, -0.1) is 13.2 Å². The van der Waals surface area contributed by atoms with Crippen LogP contribution in [0.3, 0.4) is 0 Å². The third kappa shape index (κ3) is 2.89. The van der Waals surface area contributed by atoms with E-state index in [4.69, 9.17) is 10.2 Å². The smallest absolute Gasteiger partial charge is 0.503 e. The van der Waals surface area contributed by atoms with Gasteiger partial charge in [0.25, 0.3) is 0 Å². The SMILES string of the molecule is COc1c(C(=O)O)ncc(O)c1OC(F)(F)F. The van der Waals surface area contributed by atoms with Gasteiger partial charge in [-0.25, -0.2) is 9.78 Å². The van der Waals surface area contributed by atoms with E-state index in [2.05, 4.69) is 14.5 Å². The highest BCUT2D eigenvalue weighted by Gasteiger charge is 2.35. The van der Waals surface area contributed by atoms with Crippen LogP contribution >= 0.6 is 0 Å². The molecule has 2 N–H and O–H groups in total. The predicted molar refractivity (Wildman–Crippen MR) is 46.1 cm³/mol. The van der Waals surface area contributed by atoms with Crippen LogP contribution in [0.25, 0.3) is 0 Å². The van der Waals surface area contributed by atoms with Crippen LogP contribution in [0.5, 0.6) is 17.2 Å². The molecule has 0 saturated heterocycles. The maximum Gasteiger partial charge on any atom is 0.573 e. The molecule has 0 bridgehead atoms. The van der Waals surface area contributed by atoms with E-state index in [1.54, 1.807) is 0 Å². The number of halogens is 3. The summed E-state index contributed by atoms with van der Waals surface area (Å²) in [6.45, 7) is 0. The number of methoxy groups -OCH3 is 1. The molecule has 1 aromatic rings. The van der Waals surface area contributed by atoms with Gasteiger partial charge in [0.2, 0.25) is 5.75 Å². The highest BCUT2D eigenvalue weighted by atomic mass is 19.4. The van der Waals surface area contributed by atoms with E-state index in [-0.39, 0.29) is 0 Å². The Hall–Kier alpha value is -2.19. The zero-order valence-corrected chi connectivity index (χ0v) is 8.28. The van der Waals surface area contributed by atoms with Gasteiger partial charge in [-0.3, -0.25) is 0 Å². The Morgan fingerprint density at radius 3 is 2.41 bits per heavy atom. The summed E-state index contributed by atoms with van der Waals surface area (Å²) in [6, 6.07) is 0. The number of nitrogens with zero attached hydrogens (tertiary/aromatic N) is 1. The fraction of sp³-hybridized carbons (Fsp3) is 0.250. The lowest BCUT2D eigenvalue weighted by Gasteiger charge is -2.14. The Morgan fingerprint density at radius 1 is 1.41 bits per heavy atom. The molecule has 94 valence electrons. The third-order valence-electron chi connectivity index (χ3n) is 1.59. The van der Waals surface area contributed by atoms with Crippen molar-refractivity contribution in [2.24, 2.45) is 0 Å².